The lowest BCUT2D eigenvalue weighted by atomic mass is 9.82. The van der Waals surface area contributed by atoms with Gasteiger partial charge in [-0.15, -0.1) is 0 Å². The number of nitrogens with zero attached hydrogens (tertiary/aromatic N) is 2. The smallest absolute Gasteiger partial charge is 0.0541 e. The molecule has 2 heteroatoms. The normalized spacial score (nSPS) is 15.2. The van der Waals surface area contributed by atoms with Crippen LogP contribution >= 0.6 is 0 Å². The highest BCUT2D eigenvalue weighted by Gasteiger charge is 2.36. The van der Waals surface area contributed by atoms with Gasteiger partial charge in [-0.2, -0.15) is 0 Å². The van der Waals surface area contributed by atoms with E-state index in [2.05, 4.69) is 254 Å². The van der Waals surface area contributed by atoms with Crippen LogP contribution in [0.4, 0.5) is 17.1 Å². The molecule has 10 aromatic carbocycles. The van der Waals surface area contributed by atoms with Crippen molar-refractivity contribution in [1.29, 1.82) is 0 Å². The second-order valence-corrected chi connectivity index (χ2v) is 22.2. The molecule has 3 aliphatic carbocycles. The molecule has 0 radical (unpaired) electrons. The molecular weight excluding hydrogens is 905 g/mol. The zero-order valence-electron chi connectivity index (χ0n) is 43.1. The van der Waals surface area contributed by atoms with E-state index in [1.807, 2.05) is 0 Å². The van der Waals surface area contributed by atoms with Gasteiger partial charge in [0, 0.05) is 38.8 Å². The number of hydrogen-bond donors (Lipinski definition) is 0. The Hall–Kier alpha value is -8.20. The van der Waals surface area contributed by atoms with Crippen molar-refractivity contribution in [2.75, 3.05) is 4.90 Å². The van der Waals surface area contributed by atoms with Crippen LogP contribution in [0.15, 0.2) is 231 Å². The predicted molar refractivity (Wildman–Crippen MR) is 317 cm³/mol. The summed E-state index contributed by atoms with van der Waals surface area (Å²) in [5.74, 6) is 1.38. The molecule has 0 atom stereocenters. The Bertz CT molecular complexity index is 3830. The van der Waals surface area contributed by atoms with Crippen molar-refractivity contribution < 1.29 is 0 Å². The molecule has 1 aromatic heterocycles. The summed E-state index contributed by atoms with van der Waals surface area (Å²) in [7, 11) is 0. The second kappa shape index (κ2) is 18.6. The first-order valence-corrected chi connectivity index (χ1v) is 27.6. The number of hydrogen-bond acceptors (Lipinski definition) is 1. The van der Waals surface area contributed by atoms with E-state index in [1.165, 1.54) is 157 Å². The fraction of sp³-hybridized carbons (Fsp3) is 0.178. The molecule has 0 aliphatic heterocycles. The zero-order chi connectivity index (χ0) is 50.0. The minimum atomic E-state index is -0.126. The van der Waals surface area contributed by atoms with E-state index in [-0.39, 0.29) is 5.41 Å². The molecule has 0 bridgehead atoms. The van der Waals surface area contributed by atoms with Crippen LogP contribution in [0.1, 0.15) is 99.3 Å². The average Bonchev–Trinajstić information content (AvgIpc) is 4.36. The van der Waals surface area contributed by atoms with Crippen molar-refractivity contribution in [2.24, 2.45) is 0 Å². The Morgan fingerprint density at radius 3 is 1.47 bits per heavy atom. The maximum Gasteiger partial charge on any atom is 0.0541 e. The van der Waals surface area contributed by atoms with E-state index in [4.69, 9.17) is 0 Å². The average molecular weight is 967 g/mol. The van der Waals surface area contributed by atoms with Crippen LogP contribution in [-0.2, 0) is 5.41 Å². The van der Waals surface area contributed by atoms with Crippen LogP contribution in [0, 0.1) is 0 Å². The van der Waals surface area contributed by atoms with Crippen molar-refractivity contribution >= 4 is 38.9 Å². The van der Waals surface area contributed by atoms with Crippen LogP contribution < -0.4 is 4.90 Å². The minimum absolute atomic E-state index is 0.126. The molecule has 3 aliphatic rings. The molecule has 2 nitrogen and oxygen atoms in total. The van der Waals surface area contributed by atoms with Gasteiger partial charge in [-0.05, 0) is 183 Å². The van der Waals surface area contributed by atoms with Crippen LogP contribution in [0.25, 0.3) is 83.1 Å². The highest BCUT2D eigenvalue weighted by Crippen LogP contribution is 2.52. The molecule has 364 valence electrons. The largest absolute Gasteiger partial charge is 0.310 e. The van der Waals surface area contributed by atoms with Crippen LogP contribution in [0.5, 0.6) is 0 Å². The van der Waals surface area contributed by atoms with E-state index in [1.54, 1.807) is 0 Å². The molecule has 0 N–H and O–H groups in total. The van der Waals surface area contributed by atoms with Gasteiger partial charge in [0.2, 0.25) is 0 Å². The summed E-state index contributed by atoms with van der Waals surface area (Å²) >= 11 is 0. The molecule has 0 amide bonds. The van der Waals surface area contributed by atoms with Crippen LogP contribution in [-0.4, -0.2) is 4.57 Å². The van der Waals surface area contributed by atoms with Crippen molar-refractivity contribution in [3.8, 4) is 61.3 Å². The molecule has 75 heavy (non-hydrogen) atoms. The monoisotopic (exact) mass is 966 g/mol. The van der Waals surface area contributed by atoms with Crippen molar-refractivity contribution in [1.82, 2.24) is 4.57 Å². The number of anilines is 3. The molecule has 11 aromatic rings. The highest BCUT2D eigenvalue weighted by atomic mass is 15.1. The summed E-state index contributed by atoms with van der Waals surface area (Å²) in [6.07, 6.45) is 10.7. The highest BCUT2D eigenvalue weighted by molar-refractivity contribution is 6.10. The van der Waals surface area contributed by atoms with Gasteiger partial charge >= 0.3 is 0 Å². The molecule has 0 unspecified atom stereocenters. The summed E-state index contributed by atoms with van der Waals surface area (Å²) < 4.78 is 2.51. The predicted octanol–water partition coefficient (Wildman–Crippen LogP) is 20.5. The standard InChI is InChI=1S/C73H62N2/c1-73(2)68-25-12-10-24-64(68)65-42-41-62(48-69(65)73)74(70-26-13-11-23-63(70)59-22-14-21-56(45-59)49-15-4-3-5-16-49)60-37-31-54(32-38-60)52-27-29-53(30-28-52)55-33-39-61(40-34-55)75-71-43-35-57(50-17-6-7-18-50)46-66(71)67-47-58(36-44-72(67)75)51-19-8-9-20-51/h3-5,10-16,21-48,50-51H,6-9,17-20H2,1-2H3. The van der Waals surface area contributed by atoms with Gasteiger partial charge in [0.05, 0.1) is 16.7 Å². The van der Waals surface area contributed by atoms with Gasteiger partial charge in [-0.1, -0.05) is 197 Å². The first-order valence-electron chi connectivity index (χ1n) is 27.6. The summed E-state index contributed by atoms with van der Waals surface area (Å²) in [5, 5.41) is 2.81. The van der Waals surface area contributed by atoms with Gasteiger partial charge in [-0.25, -0.2) is 0 Å². The molecule has 1 heterocycles. The van der Waals surface area contributed by atoms with E-state index >= 15 is 0 Å². The van der Waals surface area contributed by atoms with Gasteiger partial charge < -0.3 is 9.47 Å². The van der Waals surface area contributed by atoms with Gasteiger partial charge in [0.15, 0.2) is 0 Å². The number of fused-ring (bicyclic) bond motifs is 6. The number of rotatable bonds is 10. The summed E-state index contributed by atoms with van der Waals surface area (Å²) in [4.78, 5) is 2.46. The van der Waals surface area contributed by atoms with Crippen molar-refractivity contribution in [3.05, 3.63) is 253 Å². The topological polar surface area (TPSA) is 8.17 Å². The summed E-state index contributed by atoms with van der Waals surface area (Å²) in [6, 6.07) is 86.9. The van der Waals surface area contributed by atoms with Crippen LogP contribution in [0.3, 0.4) is 0 Å². The van der Waals surface area contributed by atoms with E-state index < -0.39 is 0 Å². The fourth-order valence-corrected chi connectivity index (χ4v) is 13.5. The minimum Gasteiger partial charge on any atom is -0.310 e. The third-order valence-electron chi connectivity index (χ3n) is 17.5. The second-order valence-electron chi connectivity index (χ2n) is 22.2. The lowest BCUT2D eigenvalue weighted by molar-refractivity contribution is 0.660. The third-order valence-corrected chi connectivity index (χ3v) is 17.5. The molecule has 0 saturated heterocycles. The Kier molecular flexibility index (Phi) is 11.3. The fourth-order valence-electron chi connectivity index (χ4n) is 13.5. The molecule has 14 rings (SSSR count). The van der Waals surface area contributed by atoms with E-state index in [0.717, 1.165) is 17.1 Å². The first kappa shape index (κ1) is 45.4. The lowest BCUT2D eigenvalue weighted by Gasteiger charge is -2.30. The summed E-state index contributed by atoms with van der Waals surface area (Å²) in [5.41, 5.74) is 25.1. The SMILES string of the molecule is CC1(C)c2ccccc2-c2ccc(N(c3ccc(-c4ccc(-c5ccc(-n6c7ccc(C8CCCC8)cc7c7cc(C8CCCC8)ccc76)cc5)cc4)cc3)c3ccccc3-c3cccc(-c4ccccc4)c3)cc21. The van der Waals surface area contributed by atoms with Crippen LogP contribution in [0.2, 0.25) is 0 Å². The molecule has 0 spiro atoms. The third kappa shape index (κ3) is 8.02. The van der Waals surface area contributed by atoms with E-state index in [0.29, 0.717) is 11.8 Å². The molecular formula is C73H62N2. The van der Waals surface area contributed by atoms with Crippen molar-refractivity contribution in [2.45, 2.75) is 82.5 Å². The van der Waals surface area contributed by atoms with Gasteiger partial charge in [0.1, 0.15) is 0 Å². The Morgan fingerprint density at radius 1 is 0.360 bits per heavy atom. The number of para-hydroxylation sites is 1. The zero-order valence-corrected chi connectivity index (χ0v) is 43.1. The quantitative estimate of drug-likeness (QED) is 0.133. The molecule has 2 fully saturated rings. The van der Waals surface area contributed by atoms with Crippen molar-refractivity contribution in [3.63, 3.8) is 0 Å². The number of aromatic nitrogens is 1. The Balaban J connectivity index is 0.786. The van der Waals surface area contributed by atoms with Gasteiger partial charge in [-0.3, -0.25) is 0 Å². The number of benzene rings is 10. The maximum absolute atomic E-state index is 2.54. The maximum atomic E-state index is 2.54. The van der Waals surface area contributed by atoms with E-state index in [9.17, 15) is 0 Å². The molecule has 2 saturated carbocycles. The summed E-state index contributed by atoms with van der Waals surface area (Å²) in [6.45, 7) is 4.74. The first-order chi connectivity index (χ1) is 36.9. The lowest BCUT2D eigenvalue weighted by Crippen LogP contribution is -2.16. The Labute approximate surface area is 442 Å². The van der Waals surface area contributed by atoms with Gasteiger partial charge in [0.25, 0.3) is 0 Å². The Morgan fingerprint density at radius 2 is 0.840 bits per heavy atom.